The highest BCUT2D eigenvalue weighted by molar-refractivity contribution is 7.14. The van der Waals surface area contributed by atoms with Crippen molar-refractivity contribution in [1.29, 1.82) is 0 Å². The van der Waals surface area contributed by atoms with Crippen LogP contribution < -0.4 is 5.32 Å². The number of hydrogen-bond acceptors (Lipinski definition) is 7. The molecule has 1 N–H and O–H groups in total. The molecule has 6 nitrogen and oxygen atoms in total. The minimum atomic E-state index is -0.417. The average Bonchev–Trinajstić information content (AvgIpc) is 2.79. The summed E-state index contributed by atoms with van der Waals surface area (Å²) in [6.07, 6.45) is 3.05. The number of carbonyl (C=O) groups is 1. The molecule has 2 heterocycles. The molecule has 2 rings (SSSR count). The molecular weight excluding hydrogens is 240 g/mol. The zero-order chi connectivity index (χ0) is 12.1. The van der Waals surface area contributed by atoms with Crippen molar-refractivity contribution < 1.29 is 9.53 Å². The summed E-state index contributed by atoms with van der Waals surface area (Å²) >= 11 is 1.32. The Bertz CT molecular complexity index is 500. The molecule has 0 unspecified atom stereocenters. The van der Waals surface area contributed by atoms with Gasteiger partial charge in [0.1, 0.15) is 12.1 Å². The van der Waals surface area contributed by atoms with Crippen LogP contribution in [-0.2, 0) is 4.74 Å². The predicted molar refractivity (Wildman–Crippen MR) is 63.4 cm³/mol. The molecule has 0 aromatic carbocycles. The third-order valence-electron chi connectivity index (χ3n) is 1.81. The number of ether oxygens (including phenoxy) is 1. The molecule has 0 spiro atoms. The molecule has 0 aliphatic heterocycles. The molecule has 0 bridgehead atoms. The second kappa shape index (κ2) is 5.35. The van der Waals surface area contributed by atoms with Gasteiger partial charge in [0.15, 0.2) is 10.8 Å². The van der Waals surface area contributed by atoms with E-state index in [4.69, 9.17) is 4.74 Å². The first-order valence-corrected chi connectivity index (χ1v) is 5.83. The fourth-order valence-corrected chi connectivity index (χ4v) is 1.79. The minimum absolute atomic E-state index is 0.299. The van der Waals surface area contributed by atoms with Crippen LogP contribution in [0.3, 0.4) is 0 Å². The van der Waals surface area contributed by atoms with Crippen molar-refractivity contribution in [3.05, 3.63) is 29.7 Å². The summed E-state index contributed by atoms with van der Waals surface area (Å²) in [7, 11) is 0. The highest BCUT2D eigenvalue weighted by Gasteiger charge is 2.11. The zero-order valence-electron chi connectivity index (χ0n) is 9.08. The van der Waals surface area contributed by atoms with Crippen molar-refractivity contribution >= 4 is 28.3 Å². The minimum Gasteiger partial charge on any atom is -0.461 e. The molecule has 7 heteroatoms. The number of anilines is 2. The lowest BCUT2D eigenvalue weighted by Gasteiger charge is -1.99. The van der Waals surface area contributed by atoms with Crippen LogP contribution >= 0.6 is 11.3 Å². The predicted octanol–water partition coefficient (Wildman–Crippen LogP) is 1.85. The molecule has 0 amide bonds. The van der Waals surface area contributed by atoms with Crippen LogP contribution in [0.15, 0.2) is 24.0 Å². The van der Waals surface area contributed by atoms with E-state index < -0.39 is 5.97 Å². The fourth-order valence-electron chi connectivity index (χ4n) is 1.10. The molecular formula is C10H10N4O2S. The van der Waals surface area contributed by atoms with Gasteiger partial charge in [-0.05, 0) is 13.0 Å². The van der Waals surface area contributed by atoms with E-state index in [1.807, 2.05) is 0 Å². The monoisotopic (exact) mass is 250 g/mol. The van der Waals surface area contributed by atoms with Crippen molar-refractivity contribution in [2.24, 2.45) is 0 Å². The molecule has 0 aliphatic rings. The van der Waals surface area contributed by atoms with Crippen LogP contribution in [0, 0.1) is 0 Å². The number of rotatable bonds is 4. The number of nitrogens with one attached hydrogen (secondary N) is 1. The number of esters is 1. The Morgan fingerprint density at radius 3 is 3.18 bits per heavy atom. The smallest absolute Gasteiger partial charge is 0.357 e. The molecule has 0 aliphatic carbocycles. The van der Waals surface area contributed by atoms with Gasteiger partial charge in [0.25, 0.3) is 0 Å². The quantitative estimate of drug-likeness (QED) is 0.834. The highest BCUT2D eigenvalue weighted by Crippen LogP contribution is 2.19. The summed E-state index contributed by atoms with van der Waals surface area (Å²) in [5.74, 6) is 0.212. The van der Waals surface area contributed by atoms with Crippen LogP contribution in [0.4, 0.5) is 10.9 Å². The van der Waals surface area contributed by atoms with Crippen LogP contribution in [0.2, 0.25) is 0 Å². The van der Waals surface area contributed by atoms with Gasteiger partial charge in [-0.1, -0.05) is 0 Å². The second-order valence-electron chi connectivity index (χ2n) is 2.98. The lowest BCUT2D eigenvalue weighted by Crippen LogP contribution is -2.05. The lowest BCUT2D eigenvalue weighted by atomic mass is 10.5. The second-order valence-corrected chi connectivity index (χ2v) is 3.84. The first-order valence-electron chi connectivity index (χ1n) is 4.95. The Morgan fingerprint density at radius 2 is 2.47 bits per heavy atom. The molecule has 2 aromatic rings. The van der Waals surface area contributed by atoms with Gasteiger partial charge in [0.05, 0.1) is 6.61 Å². The van der Waals surface area contributed by atoms with Crippen LogP contribution in [0.5, 0.6) is 0 Å². The Labute approximate surface area is 102 Å². The standard InChI is InChI=1S/C10H10N4O2S/c1-2-16-9(15)7-5-17-10(13-7)14-8-3-4-11-6-12-8/h3-6H,2H2,1H3,(H,11,12,13,14). The lowest BCUT2D eigenvalue weighted by molar-refractivity contribution is 0.0520. The van der Waals surface area contributed by atoms with E-state index in [1.54, 1.807) is 24.6 Å². The molecule has 0 radical (unpaired) electrons. The molecule has 0 fully saturated rings. The van der Waals surface area contributed by atoms with Gasteiger partial charge in [-0.15, -0.1) is 11.3 Å². The molecule has 17 heavy (non-hydrogen) atoms. The van der Waals surface area contributed by atoms with Crippen LogP contribution in [0.25, 0.3) is 0 Å². The van der Waals surface area contributed by atoms with Crippen LogP contribution in [-0.4, -0.2) is 27.5 Å². The molecule has 0 saturated carbocycles. The van der Waals surface area contributed by atoms with E-state index in [9.17, 15) is 4.79 Å². The van der Waals surface area contributed by atoms with Crippen molar-refractivity contribution in [3.8, 4) is 0 Å². The van der Waals surface area contributed by atoms with E-state index in [-0.39, 0.29) is 0 Å². The number of nitrogens with zero attached hydrogens (tertiary/aromatic N) is 3. The van der Waals surface area contributed by atoms with Gasteiger partial charge in [0, 0.05) is 11.6 Å². The normalized spacial score (nSPS) is 9.94. The van der Waals surface area contributed by atoms with Crippen molar-refractivity contribution in [1.82, 2.24) is 15.0 Å². The summed E-state index contributed by atoms with van der Waals surface area (Å²) < 4.78 is 4.84. The first-order chi connectivity index (χ1) is 8.29. The number of thiazole rings is 1. The Balaban J connectivity index is 2.06. The summed E-state index contributed by atoms with van der Waals surface area (Å²) in [6, 6.07) is 1.71. The Kier molecular flexibility index (Phi) is 3.61. The summed E-state index contributed by atoms with van der Waals surface area (Å²) in [4.78, 5) is 23.3. The van der Waals surface area contributed by atoms with Crippen molar-refractivity contribution in [2.45, 2.75) is 6.92 Å². The molecule has 0 saturated heterocycles. The Morgan fingerprint density at radius 1 is 1.59 bits per heavy atom. The fraction of sp³-hybridized carbons (Fsp3) is 0.200. The van der Waals surface area contributed by atoms with Gasteiger partial charge in [0.2, 0.25) is 0 Å². The van der Waals surface area contributed by atoms with E-state index in [0.717, 1.165) is 0 Å². The van der Waals surface area contributed by atoms with Gasteiger partial charge < -0.3 is 10.1 Å². The van der Waals surface area contributed by atoms with E-state index >= 15 is 0 Å². The summed E-state index contributed by atoms with van der Waals surface area (Å²) in [5.41, 5.74) is 0.299. The Hall–Kier alpha value is -2.02. The highest BCUT2D eigenvalue weighted by atomic mass is 32.1. The largest absolute Gasteiger partial charge is 0.461 e. The average molecular weight is 250 g/mol. The van der Waals surface area contributed by atoms with Gasteiger partial charge in [-0.2, -0.15) is 0 Å². The maximum Gasteiger partial charge on any atom is 0.357 e. The third-order valence-corrected chi connectivity index (χ3v) is 2.56. The first kappa shape index (κ1) is 11.5. The van der Waals surface area contributed by atoms with E-state index in [0.29, 0.717) is 23.3 Å². The van der Waals surface area contributed by atoms with Gasteiger partial charge in [-0.25, -0.2) is 19.7 Å². The van der Waals surface area contributed by atoms with Gasteiger partial charge in [-0.3, -0.25) is 0 Å². The SMILES string of the molecule is CCOC(=O)c1csc(Nc2ccncn2)n1. The van der Waals surface area contributed by atoms with E-state index in [2.05, 4.69) is 20.3 Å². The third kappa shape index (κ3) is 2.97. The molecule has 88 valence electrons. The maximum atomic E-state index is 11.4. The van der Waals surface area contributed by atoms with Gasteiger partial charge >= 0.3 is 5.97 Å². The summed E-state index contributed by atoms with van der Waals surface area (Å²) in [5, 5.41) is 5.20. The molecule has 0 atom stereocenters. The van der Waals surface area contributed by atoms with Crippen LogP contribution in [0.1, 0.15) is 17.4 Å². The maximum absolute atomic E-state index is 11.4. The number of carbonyl (C=O) groups excluding carboxylic acids is 1. The topological polar surface area (TPSA) is 77.0 Å². The number of hydrogen-bond donors (Lipinski definition) is 1. The number of aromatic nitrogens is 3. The van der Waals surface area contributed by atoms with Crippen molar-refractivity contribution in [2.75, 3.05) is 11.9 Å². The zero-order valence-corrected chi connectivity index (χ0v) is 9.90. The van der Waals surface area contributed by atoms with E-state index in [1.165, 1.54) is 17.7 Å². The van der Waals surface area contributed by atoms with Crippen molar-refractivity contribution in [3.63, 3.8) is 0 Å². The summed E-state index contributed by atoms with van der Waals surface area (Å²) in [6.45, 7) is 2.09. The molecule has 2 aromatic heterocycles.